The van der Waals surface area contributed by atoms with Crippen molar-refractivity contribution in [1.29, 1.82) is 0 Å². The predicted octanol–water partition coefficient (Wildman–Crippen LogP) is 3.90. The van der Waals surface area contributed by atoms with E-state index in [-0.39, 0.29) is 53.4 Å². The smallest absolute Gasteiger partial charge is 0.302 e. The van der Waals surface area contributed by atoms with Gasteiger partial charge in [0.1, 0.15) is 18.3 Å². The Morgan fingerprint density at radius 1 is 1.21 bits per heavy atom. The monoisotopic (exact) mass is 472 g/mol. The van der Waals surface area contributed by atoms with Crippen molar-refractivity contribution in [3.8, 4) is 0 Å². The Morgan fingerprint density at radius 2 is 1.97 bits per heavy atom. The number of allylic oxidation sites excluding steroid dienone is 4. The number of esters is 1. The average Bonchev–Trinajstić information content (AvgIpc) is 3.03. The van der Waals surface area contributed by atoms with Crippen LogP contribution in [0.1, 0.15) is 66.7 Å². The van der Waals surface area contributed by atoms with Gasteiger partial charge in [-0.25, -0.2) is 0 Å². The van der Waals surface area contributed by atoms with Crippen LogP contribution < -0.4 is 0 Å². The lowest BCUT2D eigenvalue weighted by atomic mass is 9.46. The first-order valence-electron chi connectivity index (χ1n) is 12.6. The van der Waals surface area contributed by atoms with Crippen LogP contribution in [0.4, 0.5) is 0 Å². The molecule has 5 rings (SSSR count). The van der Waals surface area contributed by atoms with Crippen LogP contribution in [-0.4, -0.2) is 48.4 Å². The second-order valence-electron chi connectivity index (χ2n) is 11.3. The molecule has 0 aromatic heterocycles. The van der Waals surface area contributed by atoms with Crippen LogP contribution in [0.5, 0.6) is 0 Å². The Morgan fingerprint density at radius 3 is 2.68 bits per heavy atom. The summed E-state index contributed by atoms with van der Waals surface area (Å²) in [5.74, 6) is -1.14. The molecule has 0 amide bonds. The third-order valence-corrected chi connectivity index (χ3v) is 9.59. The molecule has 0 aromatic rings. The highest BCUT2D eigenvalue weighted by Crippen LogP contribution is 2.69. The fourth-order valence-corrected chi connectivity index (χ4v) is 8.28. The minimum atomic E-state index is -1.28. The number of hydrogen-bond acceptors (Lipinski definition) is 7. The van der Waals surface area contributed by atoms with Gasteiger partial charge in [-0.3, -0.25) is 14.4 Å². The molecular formula is C27H36O7. The van der Waals surface area contributed by atoms with Gasteiger partial charge in [-0.1, -0.05) is 25.5 Å². The van der Waals surface area contributed by atoms with Gasteiger partial charge in [0.25, 0.3) is 5.97 Å². The number of ketones is 2. The van der Waals surface area contributed by atoms with E-state index in [9.17, 15) is 14.4 Å². The third-order valence-electron chi connectivity index (χ3n) is 9.59. The lowest BCUT2D eigenvalue weighted by Crippen LogP contribution is -2.67. The Kier molecular flexibility index (Phi) is 5.51. The number of carbonyl (C=O) groups is 3. The van der Waals surface area contributed by atoms with Crippen molar-refractivity contribution in [2.45, 2.75) is 84.4 Å². The topological polar surface area (TPSA) is 88.1 Å². The molecule has 0 N–H and O–H groups in total. The summed E-state index contributed by atoms with van der Waals surface area (Å²) >= 11 is 0. The highest BCUT2D eigenvalue weighted by Gasteiger charge is 2.72. The quantitative estimate of drug-likeness (QED) is 0.576. The maximum absolute atomic E-state index is 13.5. The van der Waals surface area contributed by atoms with Gasteiger partial charge in [0.2, 0.25) is 0 Å². The summed E-state index contributed by atoms with van der Waals surface area (Å²) < 4.78 is 24.0. The summed E-state index contributed by atoms with van der Waals surface area (Å²) in [4.78, 5) is 37.9. The van der Waals surface area contributed by atoms with Gasteiger partial charge >= 0.3 is 5.97 Å². The first-order chi connectivity index (χ1) is 16.0. The zero-order valence-corrected chi connectivity index (χ0v) is 20.8. The van der Waals surface area contributed by atoms with E-state index in [1.54, 1.807) is 19.1 Å². The standard InChI is InChI=1S/C27H36O7/c1-6-31-26(5)32-15-22(30)27(34-26)12-10-20-19-8-7-17-13-18(29)9-11-24(17,3)23(19)21(33-16(2)28)14-25(20,27)4/h9,11,13,19-21,23H,6-8,10,12,14-15H2,1-5H3/t19-,20-,21-,23+,24-,25-,26?,27-/m0/s1. The third kappa shape index (κ3) is 3.23. The molecule has 1 heterocycles. The van der Waals surface area contributed by atoms with Crippen LogP contribution in [0.2, 0.25) is 0 Å². The molecule has 0 aromatic carbocycles. The first-order valence-corrected chi connectivity index (χ1v) is 12.6. The van der Waals surface area contributed by atoms with Crippen LogP contribution in [0.3, 0.4) is 0 Å². The summed E-state index contributed by atoms with van der Waals surface area (Å²) in [6.07, 6.45) is 8.76. The Bertz CT molecular complexity index is 983. The number of hydrogen-bond donors (Lipinski definition) is 0. The zero-order valence-electron chi connectivity index (χ0n) is 20.8. The number of rotatable bonds is 3. The normalized spacial score (nSPS) is 47.6. The molecule has 1 aliphatic heterocycles. The molecule has 7 heteroatoms. The number of fused-ring (bicyclic) bond motifs is 6. The van der Waals surface area contributed by atoms with Gasteiger partial charge < -0.3 is 18.9 Å². The molecular weight excluding hydrogens is 436 g/mol. The Hall–Kier alpha value is -1.83. The van der Waals surface area contributed by atoms with Crippen LogP contribution in [-0.2, 0) is 33.3 Å². The average molecular weight is 473 g/mol. The molecule has 186 valence electrons. The highest BCUT2D eigenvalue weighted by molar-refractivity contribution is 6.01. The van der Waals surface area contributed by atoms with E-state index in [1.165, 1.54) is 6.92 Å². The molecule has 0 radical (unpaired) electrons. The number of ether oxygens (including phenoxy) is 4. The largest absolute Gasteiger partial charge is 0.462 e. The maximum atomic E-state index is 13.5. The van der Waals surface area contributed by atoms with Crippen molar-refractivity contribution in [1.82, 2.24) is 0 Å². The van der Waals surface area contributed by atoms with E-state index in [1.807, 2.05) is 13.0 Å². The second kappa shape index (κ2) is 7.84. The van der Waals surface area contributed by atoms with E-state index in [0.717, 1.165) is 24.8 Å². The molecule has 4 fully saturated rings. The molecule has 3 saturated carbocycles. The Balaban J connectivity index is 1.58. The molecule has 8 atom stereocenters. The number of carbonyl (C=O) groups excluding carboxylic acids is 3. The molecule has 4 aliphatic carbocycles. The second-order valence-corrected chi connectivity index (χ2v) is 11.3. The highest BCUT2D eigenvalue weighted by atomic mass is 16.9. The van der Waals surface area contributed by atoms with Gasteiger partial charge in [-0.05, 0) is 63.0 Å². The van der Waals surface area contributed by atoms with Crippen LogP contribution >= 0.6 is 0 Å². The van der Waals surface area contributed by atoms with Crippen molar-refractivity contribution in [3.63, 3.8) is 0 Å². The van der Waals surface area contributed by atoms with Crippen molar-refractivity contribution < 1.29 is 33.3 Å². The minimum absolute atomic E-state index is 0.0202. The van der Waals surface area contributed by atoms with Gasteiger partial charge in [0.15, 0.2) is 11.6 Å². The summed E-state index contributed by atoms with van der Waals surface area (Å²) in [5, 5.41) is 0. The minimum Gasteiger partial charge on any atom is -0.462 e. The fraction of sp³-hybridized carbons (Fsp3) is 0.741. The van der Waals surface area contributed by atoms with Gasteiger partial charge in [0.05, 0.1) is 0 Å². The molecule has 5 aliphatic rings. The van der Waals surface area contributed by atoms with Crippen LogP contribution in [0.25, 0.3) is 0 Å². The first kappa shape index (κ1) is 23.9. The van der Waals surface area contributed by atoms with Crippen molar-refractivity contribution in [2.75, 3.05) is 13.2 Å². The SMILES string of the molecule is CCOC1(C)OCC(=O)[C@]2(CC[C@H]3[C@@H]4CCC5=CC(=O)C=C[C@]5(C)[C@H]4[C@@H](OC(C)=O)C[C@@]32C)O1. The van der Waals surface area contributed by atoms with E-state index >= 15 is 0 Å². The van der Waals surface area contributed by atoms with Crippen LogP contribution in [0, 0.1) is 28.6 Å². The fourth-order valence-electron chi connectivity index (χ4n) is 8.28. The lowest BCUT2D eigenvalue weighted by molar-refractivity contribution is -0.420. The van der Waals surface area contributed by atoms with E-state index in [0.29, 0.717) is 19.4 Å². The summed E-state index contributed by atoms with van der Waals surface area (Å²) in [5.41, 5.74) is -0.802. The predicted molar refractivity (Wildman–Crippen MR) is 122 cm³/mol. The van der Waals surface area contributed by atoms with Crippen molar-refractivity contribution in [2.24, 2.45) is 28.6 Å². The van der Waals surface area contributed by atoms with Gasteiger partial charge in [-0.2, -0.15) is 0 Å². The molecule has 1 unspecified atom stereocenters. The van der Waals surface area contributed by atoms with Crippen LogP contribution in [0.15, 0.2) is 23.8 Å². The van der Waals surface area contributed by atoms with Gasteiger partial charge in [0, 0.05) is 37.2 Å². The van der Waals surface area contributed by atoms with Crippen molar-refractivity contribution >= 4 is 17.5 Å². The summed E-state index contributed by atoms with van der Waals surface area (Å²) in [6, 6.07) is 0. The Labute approximate surface area is 201 Å². The molecule has 0 bridgehead atoms. The van der Waals surface area contributed by atoms with Gasteiger partial charge in [-0.15, -0.1) is 0 Å². The maximum Gasteiger partial charge on any atom is 0.302 e. The summed E-state index contributed by atoms with van der Waals surface area (Å²) in [6.45, 7) is 9.71. The van der Waals surface area contributed by atoms with E-state index in [4.69, 9.17) is 18.9 Å². The summed E-state index contributed by atoms with van der Waals surface area (Å²) in [7, 11) is 0. The van der Waals surface area contributed by atoms with E-state index < -0.39 is 17.0 Å². The number of Topliss-reactive ketones (excluding diaryl/α,β-unsaturated/α-hetero) is 1. The molecule has 1 saturated heterocycles. The van der Waals surface area contributed by atoms with E-state index in [2.05, 4.69) is 13.8 Å². The lowest BCUT2D eigenvalue weighted by Gasteiger charge is -2.61. The van der Waals surface area contributed by atoms with Crippen molar-refractivity contribution in [3.05, 3.63) is 23.8 Å². The molecule has 1 spiro atoms. The zero-order chi connectivity index (χ0) is 24.5. The molecule has 7 nitrogen and oxygen atoms in total. The molecule has 34 heavy (non-hydrogen) atoms.